The molecule has 4 rings (SSSR count). The molecule has 4 N–H and O–H groups in total. The summed E-state index contributed by atoms with van der Waals surface area (Å²) >= 11 is 0. The van der Waals surface area contributed by atoms with Crippen molar-refractivity contribution in [2.24, 2.45) is 0 Å². The molecule has 10 nitrogen and oxygen atoms in total. The van der Waals surface area contributed by atoms with Crippen molar-refractivity contribution < 1.29 is 38.9 Å². The standard InChI is InChI=1S/C32H28N2O8/c1-19(29(35)36)15-17-33-31(39)41-25-13-11-21-7-3-5-9-23(21)27(25)28-24-10-6-4-8-22(24)12-14-26(28)42-32(40)34-18-16-20(2)30(37)38/h3-14H,1-2,15-18H2,(H,33,39)(H,34,40)(H,35,36)(H,37,38). The molecule has 0 fully saturated rings. The number of aliphatic carboxylic acids is 2. The van der Waals surface area contributed by atoms with Crippen molar-refractivity contribution >= 4 is 45.7 Å². The van der Waals surface area contributed by atoms with Crippen molar-refractivity contribution in [3.63, 3.8) is 0 Å². The molecule has 0 radical (unpaired) electrons. The third kappa shape index (κ3) is 6.92. The first-order valence-electron chi connectivity index (χ1n) is 12.9. The summed E-state index contributed by atoms with van der Waals surface area (Å²) in [5.41, 5.74) is 0.892. The zero-order valence-corrected chi connectivity index (χ0v) is 22.5. The van der Waals surface area contributed by atoms with Crippen LogP contribution in [-0.4, -0.2) is 47.4 Å². The van der Waals surface area contributed by atoms with Crippen LogP contribution in [0.25, 0.3) is 32.7 Å². The highest BCUT2D eigenvalue weighted by atomic mass is 16.6. The van der Waals surface area contributed by atoms with Crippen LogP contribution in [0.15, 0.2) is 97.1 Å². The van der Waals surface area contributed by atoms with Crippen molar-refractivity contribution in [2.75, 3.05) is 13.1 Å². The van der Waals surface area contributed by atoms with E-state index in [0.717, 1.165) is 21.5 Å². The van der Waals surface area contributed by atoms with E-state index in [-0.39, 0.29) is 48.6 Å². The van der Waals surface area contributed by atoms with Crippen LogP contribution in [0.2, 0.25) is 0 Å². The fraction of sp³-hybridized carbons (Fsp3) is 0.125. The van der Waals surface area contributed by atoms with Gasteiger partial charge in [-0.05, 0) is 46.5 Å². The average Bonchev–Trinajstić information content (AvgIpc) is 2.97. The number of carbonyl (C=O) groups is 4. The van der Waals surface area contributed by atoms with Crippen molar-refractivity contribution in [3.8, 4) is 22.6 Å². The molecule has 0 saturated heterocycles. The number of nitrogens with one attached hydrogen (secondary N) is 2. The van der Waals surface area contributed by atoms with Crippen molar-refractivity contribution in [3.05, 3.63) is 97.1 Å². The highest BCUT2D eigenvalue weighted by Gasteiger charge is 2.22. The fourth-order valence-corrected chi connectivity index (χ4v) is 4.31. The predicted octanol–water partition coefficient (Wildman–Crippen LogP) is 5.90. The Bertz CT molecular complexity index is 1600. The maximum absolute atomic E-state index is 12.8. The van der Waals surface area contributed by atoms with Gasteiger partial charge in [0.1, 0.15) is 11.5 Å². The summed E-state index contributed by atoms with van der Waals surface area (Å²) < 4.78 is 11.4. The summed E-state index contributed by atoms with van der Waals surface area (Å²) in [5.74, 6) is -1.94. The number of amides is 2. The van der Waals surface area contributed by atoms with E-state index in [4.69, 9.17) is 19.7 Å². The van der Waals surface area contributed by atoms with Crippen molar-refractivity contribution in [1.82, 2.24) is 10.6 Å². The van der Waals surface area contributed by atoms with E-state index in [0.29, 0.717) is 11.1 Å². The van der Waals surface area contributed by atoms with Crippen LogP contribution in [0, 0.1) is 0 Å². The van der Waals surface area contributed by atoms with Gasteiger partial charge in [0, 0.05) is 35.4 Å². The van der Waals surface area contributed by atoms with Gasteiger partial charge in [0.25, 0.3) is 0 Å². The molecule has 42 heavy (non-hydrogen) atoms. The van der Waals surface area contributed by atoms with Crippen LogP contribution in [0.1, 0.15) is 12.8 Å². The van der Waals surface area contributed by atoms with Gasteiger partial charge in [0.05, 0.1) is 0 Å². The molecule has 0 saturated carbocycles. The van der Waals surface area contributed by atoms with Crippen LogP contribution in [0.5, 0.6) is 11.5 Å². The van der Waals surface area contributed by atoms with Crippen LogP contribution in [0.4, 0.5) is 9.59 Å². The molecule has 4 aromatic carbocycles. The molecular weight excluding hydrogens is 540 g/mol. The van der Waals surface area contributed by atoms with E-state index in [9.17, 15) is 19.2 Å². The largest absolute Gasteiger partial charge is 0.478 e. The van der Waals surface area contributed by atoms with Crippen LogP contribution in [-0.2, 0) is 9.59 Å². The van der Waals surface area contributed by atoms with Gasteiger partial charge in [-0.3, -0.25) is 0 Å². The zero-order valence-electron chi connectivity index (χ0n) is 22.5. The number of carboxylic acid groups (broad SMARTS) is 2. The molecule has 0 aliphatic carbocycles. The molecule has 0 aliphatic rings. The summed E-state index contributed by atoms with van der Waals surface area (Å²) in [6, 6.07) is 21.8. The topological polar surface area (TPSA) is 151 Å². The Morgan fingerprint density at radius 1 is 0.595 bits per heavy atom. The predicted molar refractivity (Wildman–Crippen MR) is 158 cm³/mol. The van der Waals surface area contributed by atoms with E-state index >= 15 is 0 Å². The van der Waals surface area contributed by atoms with E-state index in [1.807, 2.05) is 48.5 Å². The molecule has 10 heteroatoms. The molecule has 0 heterocycles. The van der Waals surface area contributed by atoms with Crippen LogP contribution < -0.4 is 20.1 Å². The number of carbonyl (C=O) groups excluding carboxylic acids is 2. The summed E-state index contributed by atoms with van der Waals surface area (Å²) in [4.78, 5) is 47.6. The Morgan fingerprint density at radius 2 is 0.976 bits per heavy atom. The van der Waals surface area contributed by atoms with Crippen LogP contribution >= 0.6 is 0 Å². The fourth-order valence-electron chi connectivity index (χ4n) is 4.31. The van der Waals surface area contributed by atoms with Gasteiger partial charge < -0.3 is 30.3 Å². The zero-order chi connectivity index (χ0) is 30.2. The summed E-state index contributed by atoms with van der Waals surface area (Å²) in [6.07, 6.45) is -1.54. The van der Waals surface area contributed by atoms with Gasteiger partial charge in [0.15, 0.2) is 0 Å². The Hall–Kier alpha value is -5.64. The molecule has 2 amide bonds. The Labute approximate surface area is 240 Å². The van der Waals surface area contributed by atoms with E-state index in [1.54, 1.807) is 24.3 Å². The van der Waals surface area contributed by atoms with E-state index in [2.05, 4.69) is 23.8 Å². The minimum atomic E-state index is -1.15. The quantitative estimate of drug-likeness (QED) is 0.163. The lowest BCUT2D eigenvalue weighted by Crippen LogP contribution is -2.29. The number of hydrogen-bond acceptors (Lipinski definition) is 6. The number of benzene rings is 4. The van der Waals surface area contributed by atoms with Gasteiger partial charge in [-0.25, -0.2) is 19.2 Å². The normalized spacial score (nSPS) is 10.6. The van der Waals surface area contributed by atoms with Crippen molar-refractivity contribution in [1.29, 1.82) is 0 Å². The second-order valence-electron chi connectivity index (χ2n) is 9.27. The third-order valence-corrected chi connectivity index (χ3v) is 6.43. The third-order valence-electron chi connectivity index (χ3n) is 6.43. The summed E-state index contributed by atoms with van der Waals surface area (Å²) in [5, 5.41) is 26.2. The monoisotopic (exact) mass is 568 g/mol. The average molecular weight is 569 g/mol. The first-order chi connectivity index (χ1) is 20.2. The maximum atomic E-state index is 12.8. The molecule has 4 aromatic rings. The van der Waals surface area contributed by atoms with E-state index in [1.165, 1.54) is 0 Å². The van der Waals surface area contributed by atoms with E-state index < -0.39 is 24.1 Å². The maximum Gasteiger partial charge on any atom is 0.412 e. The number of carboxylic acids is 2. The lowest BCUT2D eigenvalue weighted by molar-refractivity contribution is -0.133. The van der Waals surface area contributed by atoms with Gasteiger partial charge in [-0.15, -0.1) is 0 Å². The number of rotatable bonds is 11. The molecule has 0 aromatic heterocycles. The second kappa shape index (κ2) is 13.1. The summed E-state index contributed by atoms with van der Waals surface area (Å²) in [6.45, 7) is 6.91. The van der Waals surface area contributed by atoms with Gasteiger partial charge in [-0.1, -0.05) is 73.8 Å². The first kappa shape index (κ1) is 29.3. The van der Waals surface area contributed by atoms with Gasteiger partial charge >= 0.3 is 24.1 Å². The number of hydrogen-bond donors (Lipinski definition) is 4. The Morgan fingerprint density at radius 3 is 1.36 bits per heavy atom. The first-order valence-corrected chi connectivity index (χ1v) is 12.9. The smallest absolute Gasteiger partial charge is 0.412 e. The highest BCUT2D eigenvalue weighted by molar-refractivity contribution is 6.10. The lowest BCUT2D eigenvalue weighted by atomic mass is 9.92. The number of fused-ring (bicyclic) bond motifs is 2. The van der Waals surface area contributed by atoms with Crippen molar-refractivity contribution in [2.45, 2.75) is 12.8 Å². The van der Waals surface area contributed by atoms with Gasteiger partial charge in [-0.2, -0.15) is 0 Å². The number of ether oxygens (including phenoxy) is 2. The molecule has 0 aliphatic heterocycles. The molecule has 214 valence electrons. The minimum Gasteiger partial charge on any atom is -0.478 e. The molecular formula is C32H28N2O8. The molecule has 0 bridgehead atoms. The molecule has 0 atom stereocenters. The Balaban J connectivity index is 1.74. The Kier molecular flexibility index (Phi) is 9.18. The highest BCUT2D eigenvalue weighted by Crippen LogP contribution is 2.45. The lowest BCUT2D eigenvalue weighted by Gasteiger charge is -2.19. The van der Waals surface area contributed by atoms with Gasteiger partial charge in [0.2, 0.25) is 0 Å². The summed E-state index contributed by atoms with van der Waals surface area (Å²) in [7, 11) is 0. The SMILES string of the molecule is C=C(CCNC(=O)Oc1ccc2ccccc2c1-c1c(OC(=O)NCCC(=C)C(=O)O)ccc2ccccc12)C(=O)O. The molecule has 0 spiro atoms. The van der Waals surface area contributed by atoms with Crippen LogP contribution in [0.3, 0.4) is 0 Å². The second-order valence-corrected chi connectivity index (χ2v) is 9.27. The minimum absolute atomic E-state index is 0.00395. The molecule has 0 unspecified atom stereocenters.